The van der Waals surface area contributed by atoms with E-state index in [0.717, 1.165) is 36.9 Å². The van der Waals surface area contributed by atoms with Crippen LogP contribution in [0.1, 0.15) is 24.8 Å². The number of likely N-dealkylation sites (N-methyl/N-ethyl adjacent to an activating group) is 2. The molecule has 0 aliphatic carbocycles. The average Bonchev–Trinajstić information content (AvgIpc) is 2.89. The molecule has 2 N–H and O–H groups in total. The minimum atomic E-state index is 0.584. The van der Waals surface area contributed by atoms with Crippen LogP contribution >= 0.6 is 0 Å². The molecule has 0 radical (unpaired) electrons. The third kappa shape index (κ3) is 5.30. The molecule has 1 aromatic rings. The van der Waals surface area contributed by atoms with Gasteiger partial charge < -0.3 is 20.3 Å². The highest BCUT2D eigenvalue weighted by atomic mass is 16.5. The lowest BCUT2D eigenvalue weighted by atomic mass is 10.2. The van der Waals surface area contributed by atoms with Crippen molar-refractivity contribution in [1.29, 1.82) is 0 Å². The Bertz CT molecular complexity index is 407. The Morgan fingerprint density at radius 1 is 1.33 bits per heavy atom. The fraction of sp³-hybridized carbons (Fsp3) is 0.647. The van der Waals surface area contributed by atoms with E-state index in [2.05, 4.69) is 23.9 Å². The van der Waals surface area contributed by atoms with E-state index in [1.807, 2.05) is 24.3 Å². The Kier molecular flexibility index (Phi) is 6.49. The molecule has 1 saturated heterocycles. The molecule has 0 amide bonds. The second-order valence-corrected chi connectivity index (χ2v) is 6.09. The lowest BCUT2D eigenvalue weighted by Crippen LogP contribution is -2.37. The van der Waals surface area contributed by atoms with Crippen LogP contribution in [-0.4, -0.2) is 56.2 Å². The zero-order chi connectivity index (χ0) is 15.1. The largest absolute Gasteiger partial charge is 0.494 e. The number of hydrogen-bond donors (Lipinski definition) is 1. The normalized spacial score (nSPS) is 19.3. The first-order valence-electron chi connectivity index (χ1n) is 7.99. The number of likely N-dealkylation sites (tertiary alicyclic amines) is 1. The van der Waals surface area contributed by atoms with Crippen LogP contribution < -0.4 is 10.5 Å². The summed E-state index contributed by atoms with van der Waals surface area (Å²) in [7, 11) is 4.45. The van der Waals surface area contributed by atoms with Gasteiger partial charge >= 0.3 is 0 Å². The minimum Gasteiger partial charge on any atom is -0.494 e. The van der Waals surface area contributed by atoms with E-state index in [-0.39, 0.29) is 0 Å². The third-order valence-electron chi connectivity index (χ3n) is 4.31. The summed E-state index contributed by atoms with van der Waals surface area (Å²) in [5.41, 5.74) is 6.72. The highest BCUT2D eigenvalue weighted by Gasteiger charge is 2.21. The van der Waals surface area contributed by atoms with Crippen molar-refractivity contribution in [2.75, 3.05) is 40.3 Å². The minimum absolute atomic E-state index is 0.584. The maximum absolute atomic E-state index is 5.77. The summed E-state index contributed by atoms with van der Waals surface area (Å²) in [6.45, 7) is 4.86. The molecule has 4 nitrogen and oxygen atoms in total. The van der Waals surface area contributed by atoms with Crippen molar-refractivity contribution in [3.63, 3.8) is 0 Å². The van der Waals surface area contributed by atoms with Crippen LogP contribution in [0.5, 0.6) is 5.75 Å². The van der Waals surface area contributed by atoms with Crippen LogP contribution in [-0.2, 0) is 6.54 Å². The van der Waals surface area contributed by atoms with Crippen LogP contribution in [0.15, 0.2) is 24.3 Å². The van der Waals surface area contributed by atoms with E-state index < -0.39 is 0 Å². The van der Waals surface area contributed by atoms with Crippen LogP contribution in [0.25, 0.3) is 0 Å². The molecule has 0 saturated carbocycles. The number of benzene rings is 1. The summed E-state index contributed by atoms with van der Waals surface area (Å²) in [6, 6.07) is 8.79. The molecule has 1 aromatic carbocycles. The Morgan fingerprint density at radius 3 is 2.71 bits per heavy atom. The number of rotatable bonds is 8. The van der Waals surface area contributed by atoms with Crippen molar-refractivity contribution in [3.05, 3.63) is 29.8 Å². The molecular weight excluding hydrogens is 262 g/mol. The monoisotopic (exact) mass is 291 g/mol. The third-order valence-corrected chi connectivity index (χ3v) is 4.31. The summed E-state index contributed by atoms with van der Waals surface area (Å²) >= 11 is 0. The van der Waals surface area contributed by atoms with E-state index in [0.29, 0.717) is 6.54 Å². The van der Waals surface area contributed by atoms with Gasteiger partial charge in [-0.15, -0.1) is 0 Å². The van der Waals surface area contributed by atoms with Crippen molar-refractivity contribution in [1.82, 2.24) is 9.80 Å². The van der Waals surface area contributed by atoms with Crippen LogP contribution in [0.4, 0.5) is 0 Å². The van der Waals surface area contributed by atoms with Gasteiger partial charge in [0.1, 0.15) is 5.75 Å². The number of nitrogens with two attached hydrogens (primary N) is 1. The lowest BCUT2D eigenvalue weighted by molar-refractivity contribution is 0.205. The molecule has 118 valence electrons. The molecule has 1 atom stereocenters. The molecule has 21 heavy (non-hydrogen) atoms. The molecule has 1 unspecified atom stereocenters. The van der Waals surface area contributed by atoms with Gasteiger partial charge in [-0.2, -0.15) is 0 Å². The maximum Gasteiger partial charge on any atom is 0.119 e. The molecule has 2 rings (SSSR count). The Labute approximate surface area is 128 Å². The SMILES string of the molecule is CN(CCCOc1ccc(CN)cc1)CC1CCCN1C. The molecule has 4 heteroatoms. The molecule has 1 heterocycles. The molecule has 1 fully saturated rings. The Hall–Kier alpha value is -1.10. The second kappa shape index (κ2) is 8.37. The topological polar surface area (TPSA) is 41.7 Å². The van der Waals surface area contributed by atoms with Crippen LogP contribution in [0.2, 0.25) is 0 Å². The van der Waals surface area contributed by atoms with E-state index in [1.54, 1.807) is 0 Å². The molecule has 0 bridgehead atoms. The zero-order valence-electron chi connectivity index (χ0n) is 13.4. The molecule has 0 aromatic heterocycles. The Balaban J connectivity index is 1.60. The lowest BCUT2D eigenvalue weighted by Gasteiger charge is -2.25. The number of ether oxygens (including phenoxy) is 1. The first-order valence-corrected chi connectivity index (χ1v) is 7.99. The Morgan fingerprint density at radius 2 is 2.10 bits per heavy atom. The van der Waals surface area contributed by atoms with Crippen molar-refractivity contribution in [3.8, 4) is 5.75 Å². The predicted octanol–water partition coefficient (Wildman–Crippen LogP) is 1.94. The van der Waals surface area contributed by atoms with Gasteiger partial charge in [0.15, 0.2) is 0 Å². The predicted molar refractivity (Wildman–Crippen MR) is 87.6 cm³/mol. The van der Waals surface area contributed by atoms with Gasteiger partial charge in [-0.25, -0.2) is 0 Å². The van der Waals surface area contributed by atoms with E-state index in [9.17, 15) is 0 Å². The standard InChI is InChI=1S/C17H29N3O/c1-19(14-16-5-3-11-20(16)2)10-4-12-21-17-8-6-15(13-18)7-9-17/h6-9,16H,3-5,10-14,18H2,1-2H3. The van der Waals surface area contributed by atoms with E-state index in [4.69, 9.17) is 10.5 Å². The highest BCUT2D eigenvalue weighted by molar-refractivity contribution is 5.26. The molecule has 1 aliphatic rings. The van der Waals surface area contributed by atoms with Crippen molar-refractivity contribution in [2.24, 2.45) is 5.73 Å². The maximum atomic E-state index is 5.77. The first kappa shape index (κ1) is 16.3. The van der Waals surface area contributed by atoms with Gasteiger partial charge in [0.2, 0.25) is 0 Å². The van der Waals surface area contributed by atoms with Gasteiger partial charge in [-0.05, 0) is 57.6 Å². The zero-order valence-corrected chi connectivity index (χ0v) is 13.4. The molecular formula is C17H29N3O. The molecule has 1 aliphatic heterocycles. The van der Waals surface area contributed by atoms with Gasteiger partial charge in [0, 0.05) is 25.7 Å². The van der Waals surface area contributed by atoms with Gasteiger partial charge in [0.25, 0.3) is 0 Å². The van der Waals surface area contributed by atoms with Crippen molar-refractivity contribution >= 4 is 0 Å². The van der Waals surface area contributed by atoms with Crippen LogP contribution in [0.3, 0.4) is 0 Å². The van der Waals surface area contributed by atoms with E-state index >= 15 is 0 Å². The van der Waals surface area contributed by atoms with E-state index in [1.165, 1.54) is 25.9 Å². The first-order chi connectivity index (χ1) is 10.2. The quantitative estimate of drug-likeness (QED) is 0.743. The second-order valence-electron chi connectivity index (χ2n) is 6.09. The number of nitrogens with zero attached hydrogens (tertiary/aromatic N) is 2. The number of hydrogen-bond acceptors (Lipinski definition) is 4. The average molecular weight is 291 g/mol. The summed E-state index contributed by atoms with van der Waals surface area (Å²) in [5.74, 6) is 0.936. The van der Waals surface area contributed by atoms with Crippen molar-refractivity contribution < 1.29 is 4.74 Å². The smallest absolute Gasteiger partial charge is 0.119 e. The van der Waals surface area contributed by atoms with Crippen molar-refractivity contribution in [2.45, 2.75) is 31.8 Å². The summed E-state index contributed by atoms with van der Waals surface area (Å²) in [4.78, 5) is 4.90. The summed E-state index contributed by atoms with van der Waals surface area (Å²) in [5, 5.41) is 0. The van der Waals surface area contributed by atoms with Gasteiger partial charge in [-0.3, -0.25) is 0 Å². The fourth-order valence-corrected chi connectivity index (χ4v) is 2.91. The van der Waals surface area contributed by atoms with Gasteiger partial charge in [-0.1, -0.05) is 12.1 Å². The summed E-state index contributed by atoms with van der Waals surface area (Å²) < 4.78 is 5.77. The summed E-state index contributed by atoms with van der Waals surface area (Å²) in [6.07, 6.45) is 3.74. The highest BCUT2D eigenvalue weighted by Crippen LogP contribution is 2.15. The fourth-order valence-electron chi connectivity index (χ4n) is 2.91. The van der Waals surface area contributed by atoms with Gasteiger partial charge in [0.05, 0.1) is 6.61 Å². The molecule has 0 spiro atoms. The van der Waals surface area contributed by atoms with Crippen LogP contribution in [0, 0.1) is 0 Å².